The molecule has 0 saturated heterocycles. The van der Waals surface area contributed by atoms with Gasteiger partial charge in [-0.3, -0.25) is 5.10 Å². The highest BCUT2D eigenvalue weighted by molar-refractivity contribution is 5.85. The molecular weight excluding hydrogens is 242 g/mol. The zero-order valence-electron chi connectivity index (χ0n) is 9.34. The Balaban J connectivity index is 0.00000144. The van der Waals surface area contributed by atoms with Gasteiger partial charge in [0.25, 0.3) is 0 Å². The van der Waals surface area contributed by atoms with E-state index in [0.717, 1.165) is 11.3 Å². The maximum atomic E-state index is 5.48. The van der Waals surface area contributed by atoms with Crippen LogP contribution < -0.4 is 15.2 Å². The van der Waals surface area contributed by atoms with Gasteiger partial charge in [0.1, 0.15) is 18.2 Å². The molecule has 6 heteroatoms. The van der Waals surface area contributed by atoms with Crippen LogP contribution in [0.15, 0.2) is 30.3 Å². The third-order valence-corrected chi connectivity index (χ3v) is 2.10. The zero-order chi connectivity index (χ0) is 11.4. The van der Waals surface area contributed by atoms with E-state index in [0.29, 0.717) is 18.3 Å². The van der Waals surface area contributed by atoms with Gasteiger partial charge in [0.15, 0.2) is 0 Å². The van der Waals surface area contributed by atoms with Crippen molar-refractivity contribution in [2.45, 2.75) is 6.61 Å². The summed E-state index contributed by atoms with van der Waals surface area (Å²) in [5, 5.41) is 6.48. The fourth-order valence-corrected chi connectivity index (χ4v) is 1.31. The first kappa shape index (κ1) is 13.2. The fourth-order valence-electron chi connectivity index (χ4n) is 1.31. The van der Waals surface area contributed by atoms with Crippen molar-refractivity contribution in [2.75, 3.05) is 12.8 Å². The number of nitrogen functional groups attached to an aromatic ring is 1. The monoisotopic (exact) mass is 255 g/mol. The summed E-state index contributed by atoms with van der Waals surface area (Å²) in [5.74, 6) is 1.78. The molecule has 0 saturated carbocycles. The molecule has 2 rings (SSSR count). The summed E-state index contributed by atoms with van der Waals surface area (Å²) in [6, 6.07) is 9.31. The first-order valence-corrected chi connectivity index (χ1v) is 4.84. The molecule has 0 radical (unpaired) electrons. The second-order valence-corrected chi connectivity index (χ2v) is 3.30. The Bertz CT molecular complexity index is 473. The lowest BCUT2D eigenvalue weighted by atomic mass is 10.2. The summed E-state index contributed by atoms with van der Waals surface area (Å²) >= 11 is 0. The lowest BCUT2D eigenvalue weighted by Gasteiger charge is -2.04. The minimum Gasteiger partial charge on any atom is -0.497 e. The van der Waals surface area contributed by atoms with Gasteiger partial charge in [0.05, 0.1) is 7.11 Å². The molecule has 1 aromatic carbocycles. The van der Waals surface area contributed by atoms with Crippen LogP contribution in [-0.4, -0.2) is 17.3 Å². The second kappa shape index (κ2) is 6.00. The van der Waals surface area contributed by atoms with Crippen molar-refractivity contribution in [2.24, 2.45) is 0 Å². The van der Waals surface area contributed by atoms with E-state index in [4.69, 9.17) is 15.2 Å². The molecule has 0 spiro atoms. The minimum absolute atomic E-state index is 0. The van der Waals surface area contributed by atoms with Gasteiger partial charge in [-0.25, -0.2) is 0 Å². The Kier molecular flexibility index (Phi) is 4.66. The minimum atomic E-state index is 0. The van der Waals surface area contributed by atoms with Crippen LogP contribution in [0, 0.1) is 0 Å². The Morgan fingerprint density at radius 3 is 2.82 bits per heavy atom. The van der Waals surface area contributed by atoms with E-state index in [1.54, 1.807) is 13.2 Å². The molecule has 92 valence electrons. The average molecular weight is 256 g/mol. The molecule has 0 fully saturated rings. The number of hydrogen-bond donors (Lipinski definition) is 2. The van der Waals surface area contributed by atoms with Crippen LogP contribution in [0.25, 0.3) is 0 Å². The number of hydrogen-bond acceptors (Lipinski definition) is 4. The van der Waals surface area contributed by atoms with Gasteiger partial charge in [0, 0.05) is 6.07 Å². The van der Waals surface area contributed by atoms with Gasteiger partial charge in [-0.15, -0.1) is 17.5 Å². The lowest BCUT2D eigenvalue weighted by Crippen LogP contribution is -1.96. The largest absolute Gasteiger partial charge is 0.497 e. The molecule has 3 N–H and O–H groups in total. The predicted octanol–water partition coefficient (Wildman–Crippen LogP) is 2.00. The Hall–Kier alpha value is -1.88. The predicted molar refractivity (Wildman–Crippen MR) is 67.6 cm³/mol. The number of nitrogens with zero attached hydrogens (tertiary/aromatic N) is 1. The standard InChI is InChI=1S/C11H13N3O2.ClH/c1-15-9-4-2-3-8(5-9)7-16-11-6-10(12)13-14-11;/h2-6H,7H2,1H3,(H3,12,13,14);1H. The van der Waals surface area contributed by atoms with E-state index in [-0.39, 0.29) is 12.4 Å². The van der Waals surface area contributed by atoms with Crippen LogP contribution in [0.5, 0.6) is 11.6 Å². The average Bonchev–Trinajstić information content (AvgIpc) is 2.73. The van der Waals surface area contributed by atoms with E-state index in [1.807, 2.05) is 24.3 Å². The molecule has 1 aromatic heterocycles. The number of aromatic amines is 1. The number of ether oxygens (including phenoxy) is 2. The highest BCUT2D eigenvalue weighted by Gasteiger charge is 2.00. The summed E-state index contributed by atoms with van der Waals surface area (Å²) in [6.45, 7) is 0.432. The summed E-state index contributed by atoms with van der Waals surface area (Å²) in [4.78, 5) is 0. The number of nitrogens with one attached hydrogen (secondary N) is 1. The molecule has 1 heterocycles. The van der Waals surface area contributed by atoms with Gasteiger partial charge in [0.2, 0.25) is 5.88 Å². The summed E-state index contributed by atoms with van der Waals surface area (Å²) < 4.78 is 10.5. The van der Waals surface area contributed by atoms with Crippen LogP contribution >= 0.6 is 12.4 Å². The normalized spacial score (nSPS) is 9.47. The van der Waals surface area contributed by atoms with Crippen LogP contribution in [-0.2, 0) is 6.61 Å². The molecule has 0 aliphatic rings. The molecule has 0 atom stereocenters. The number of halogens is 1. The van der Waals surface area contributed by atoms with Gasteiger partial charge in [-0.05, 0) is 17.7 Å². The van der Waals surface area contributed by atoms with E-state index in [9.17, 15) is 0 Å². The molecule has 0 aliphatic carbocycles. The number of methoxy groups -OCH3 is 1. The Labute approximate surface area is 105 Å². The van der Waals surface area contributed by atoms with Crippen molar-refractivity contribution in [1.29, 1.82) is 0 Å². The number of benzene rings is 1. The summed E-state index contributed by atoms with van der Waals surface area (Å²) in [7, 11) is 1.63. The van der Waals surface area contributed by atoms with Crippen LogP contribution in [0.4, 0.5) is 5.82 Å². The maximum absolute atomic E-state index is 5.48. The zero-order valence-corrected chi connectivity index (χ0v) is 10.2. The van der Waals surface area contributed by atoms with E-state index in [1.165, 1.54) is 0 Å². The highest BCUT2D eigenvalue weighted by atomic mass is 35.5. The lowest BCUT2D eigenvalue weighted by molar-refractivity contribution is 0.292. The molecule has 0 bridgehead atoms. The molecule has 5 nitrogen and oxygen atoms in total. The summed E-state index contributed by atoms with van der Waals surface area (Å²) in [6.07, 6.45) is 0. The molecule has 0 amide bonds. The summed E-state index contributed by atoms with van der Waals surface area (Å²) in [5.41, 5.74) is 6.49. The van der Waals surface area contributed by atoms with E-state index < -0.39 is 0 Å². The number of aromatic nitrogens is 2. The third kappa shape index (κ3) is 3.57. The van der Waals surface area contributed by atoms with Crippen LogP contribution in [0.2, 0.25) is 0 Å². The first-order valence-electron chi connectivity index (χ1n) is 4.84. The van der Waals surface area contributed by atoms with Crippen molar-refractivity contribution in [3.05, 3.63) is 35.9 Å². The first-order chi connectivity index (χ1) is 7.78. The number of rotatable bonds is 4. The van der Waals surface area contributed by atoms with Crippen molar-refractivity contribution >= 4 is 18.2 Å². The van der Waals surface area contributed by atoms with E-state index in [2.05, 4.69) is 10.2 Å². The molecule has 2 aromatic rings. The molecule has 0 unspecified atom stereocenters. The smallest absolute Gasteiger partial charge is 0.235 e. The molecule has 17 heavy (non-hydrogen) atoms. The van der Waals surface area contributed by atoms with Crippen molar-refractivity contribution in [3.8, 4) is 11.6 Å². The van der Waals surface area contributed by atoms with Gasteiger partial charge in [-0.1, -0.05) is 12.1 Å². The number of anilines is 1. The number of H-pyrrole nitrogens is 1. The Morgan fingerprint density at radius 1 is 1.35 bits per heavy atom. The van der Waals surface area contributed by atoms with Crippen LogP contribution in [0.1, 0.15) is 5.56 Å². The SMILES string of the molecule is COc1cccc(COc2cc(N)[nH]n2)c1.Cl. The van der Waals surface area contributed by atoms with Crippen molar-refractivity contribution in [1.82, 2.24) is 10.2 Å². The molecular formula is C11H14ClN3O2. The topological polar surface area (TPSA) is 73.2 Å². The van der Waals surface area contributed by atoms with Gasteiger partial charge >= 0.3 is 0 Å². The number of nitrogens with two attached hydrogens (primary N) is 1. The fraction of sp³-hybridized carbons (Fsp3) is 0.182. The van der Waals surface area contributed by atoms with E-state index >= 15 is 0 Å². The third-order valence-electron chi connectivity index (χ3n) is 2.10. The molecule has 0 aliphatic heterocycles. The highest BCUT2D eigenvalue weighted by Crippen LogP contribution is 2.15. The van der Waals surface area contributed by atoms with Crippen LogP contribution in [0.3, 0.4) is 0 Å². The quantitative estimate of drug-likeness (QED) is 0.876. The van der Waals surface area contributed by atoms with Gasteiger partial charge < -0.3 is 15.2 Å². The second-order valence-electron chi connectivity index (χ2n) is 3.30. The van der Waals surface area contributed by atoms with Crippen molar-refractivity contribution < 1.29 is 9.47 Å². The maximum Gasteiger partial charge on any atom is 0.235 e. The van der Waals surface area contributed by atoms with Gasteiger partial charge in [-0.2, -0.15) is 0 Å². The Morgan fingerprint density at radius 2 is 2.18 bits per heavy atom. The van der Waals surface area contributed by atoms with Crippen molar-refractivity contribution in [3.63, 3.8) is 0 Å².